The van der Waals surface area contributed by atoms with Crippen LogP contribution >= 0.6 is 0 Å². The standard InChI is InChI=1S/C26H35N3O5.C2H6/c1-5-8-22(33)12-13-25(20(3)32)29(4)26(34)23-11-6-9-21(24(23)18-30)10-7-14-27-15-16-28-17-19(2)31;1-2/h6,9,11,18,25,27-28H,5,8,12-17H2,1-4H3;1-2H3. The van der Waals surface area contributed by atoms with Gasteiger partial charge in [0.1, 0.15) is 11.6 Å². The van der Waals surface area contributed by atoms with Crippen LogP contribution in [0.1, 0.15) is 86.6 Å². The minimum Gasteiger partial charge on any atom is -0.332 e. The number of hydrogen-bond acceptors (Lipinski definition) is 7. The zero-order valence-electron chi connectivity index (χ0n) is 22.5. The van der Waals surface area contributed by atoms with Crippen molar-refractivity contribution in [2.75, 3.05) is 33.2 Å². The van der Waals surface area contributed by atoms with Crippen LogP contribution < -0.4 is 10.6 Å². The van der Waals surface area contributed by atoms with Gasteiger partial charge in [0.2, 0.25) is 0 Å². The number of amides is 1. The molecule has 0 aliphatic heterocycles. The van der Waals surface area contributed by atoms with Gasteiger partial charge < -0.3 is 15.5 Å². The van der Waals surface area contributed by atoms with E-state index in [0.717, 1.165) is 6.42 Å². The maximum absolute atomic E-state index is 13.2. The fraction of sp³-hybridized carbons (Fsp3) is 0.536. The van der Waals surface area contributed by atoms with Crippen LogP contribution in [0, 0.1) is 11.8 Å². The smallest absolute Gasteiger partial charge is 0.254 e. The van der Waals surface area contributed by atoms with E-state index in [9.17, 15) is 24.0 Å². The number of benzene rings is 1. The summed E-state index contributed by atoms with van der Waals surface area (Å²) < 4.78 is 0. The highest BCUT2D eigenvalue weighted by Gasteiger charge is 2.27. The van der Waals surface area contributed by atoms with E-state index in [1.165, 1.54) is 31.9 Å². The summed E-state index contributed by atoms with van der Waals surface area (Å²) >= 11 is 0. The van der Waals surface area contributed by atoms with Crippen molar-refractivity contribution in [3.05, 3.63) is 34.9 Å². The van der Waals surface area contributed by atoms with Crippen molar-refractivity contribution in [1.29, 1.82) is 0 Å². The monoisotopic (exact) mass is 499 g/mol. The number of nitrogens with zero attached hydrogens (tertiary/aromatic N) is 1. The molecule has 2 N–H and O–H groups in total. The summed E-state index contributed by atoms with van der Waals surface area (Å²) in [4.78, 5) is 61.3. The van der Waals surface area contributed by atoms with E-state index in [2.05, 4.69) is 22.5 Å². The SMILES string of the molecule is CC.CCCC(=O)CCC(C(C)=O)N(C)C(=O)c1cccc(C#CCNCCNCC(C)=O)c1C=O. The normalized spacial score (nSPS) is 10.7. The number of hydrogen-bond donors (Lipinski definition) is 2. The Morgan fingerprint density at radius 1 is 1.06 bits per heavy atom. The summed E-state index contributed by atoms with van der Waals surface area (Å²) in [6, 6.07) is 4.09. The Morgan fingerprint density at radius 3 is 2.31 bits per heavy atom. The van der Waals surface area contributed by atoms with E-state index in [0.29, 0.717) is 44.4 Å². The fourth-order valence-corrected chi connectivity index (χ4v) is 3.42. The minimum absolute atomic E-state index is 0.0590. The van der Waals surface area contributed by atoms with Crippen LogP contribution in [-0.2, 0) is 14.4 Å². The number of likely N-dealkylation sites (N-methyl/N-ethyl adjacent to an activating group) is 1. The molecular weight excluding hydrogens is 458 g/mol. The molecule has 8 nitrogen and oxygen atoms in total. The number of rotatable bonds is 15. The minimum atomic E-state index is -0.747. The van der Waals surface area contributed by atoms with Gasteiger partial charge in [-0.3, -0.25) is 24.0 Å². The first-order valence-electron chi connectivity index (χ1n) is 12.5. The Labute approximate surface area is 215 Å². The van der Waals surface area contributed by atoms with Gasteiger partial charge in [-0.25, -0.2) is 0 Å². The van der Waals surface area contributed by atoms with Gasteiger partial charge in [0.25, 0.3) is 5.91 Å². The van der Waals surface area contributed by atoms with E-state index in [1.54, 1.807) is 12.1 Å². The third kappa shape index (κ3) is 12.0. The number of nitrogens with one attached hydrogen (secondary N) is 2. The van der Waals surface area contributed by atoms with Crippen molar-refractivity contribution < 1.29 is 24.0 Å². The molecule has 8 heteroatoms. The summed E-state index contributed by atoms with van der Waals surface area (Å²) in [5.41, 5.74) is 0.749. The van der Waals surface area contributed by atoms with Gasteiger partial charge >= 0.3 is 0 Å². The zero-order chi connectivity index (χ0) is 27.5. The molecule has 1 amide bonds. The highest BCUT2D eigenvalue weighted by molar-refractivity contribution is 6.04. The first-order chi connectivity index (χ1) is 17.2. The van der Waals surface area contributed by atoms with Crippen molar-refractivity contribution in [3.8, 4) is 11.8 Å². The molecule has 1 rings (SSSR count). The van der Waals surface area contributed by atoms with E-state index in [-0.39, 0.29) is 41.3 Å². The van der Waals surface area contributed by atoms with E-state index < -0.39 is 11.9 Å². The summed E-state index contributed by atoms with van der Waals surface area (Å²) in [5.74, 6) is 5.28. The summed E-state index contributed by atoms with van der Waals surface area (Å²) in [6.45, 7) is 10.8. The van der Waals surface area contributed by atoms with Gasteiger partial charge in [0.05, 0.1) is 24.7 Å². The average Bonchev–Trinajstić information content (AvgIpc) is 2.85. The lowest BCUT2D eigenvalue weighted by Crippen LogP contribution is -2.42. The molecule has 0 spiro atoms. The molecule has 1 aromatic rings. The largest absolute Gasteiger partial charge is 0.332 e. The molecule has 1 aromatic carbocycles. The Bertz CT molecular complexity index is 946. The van der Waals surface area contributed by atoms with Gasteiger partial charge in [0.15, 0.2) is 12.1 Å². The highest BCUT2D eigenvalue weighted by Crippen LogP contribution is 2.18. The van der Waals surface area contributed by atoms with Gasteiger partial charge in [-0.1, -0.05) is 38.7 Å². The second kappa shape index (κ2) is 19.1. The lowest BCUT2D eigenvalue weighted by Gasteiger charge is -2.26. The molecule has 0 fully saturated rings. The highest BCUT2D eigenvalue weighted by atomic mass is 16.2. The molecule has 0 bridgehead atoms. The van der Waals surface area contributed by atoms with Gasteiger partial charge in [-0.2, -0.15) is 0 Å². The lowest BCUT2D eigenvalue weighted by molar-refractivity contribution is -0.122. The number of carbonyl (C=O) groups is 5. The van der Waals surface area contributed by atoms with Crippen molar-refractivity contribution in [2.24, 2.45) is 0 Å². The number of ketones is 3. The third-order valence-electron chi connectivity index (χ3n) is 5.23. The lowest BCUT2D eigenvalue weighted by atomic mass is 9.98. The number of aldehydes is 1. The summed E-state index contributed by atoms with van der Waals surface area (Å²) in [7, 11) is 1.51. The molecule has 0 heterocycles. The maximum Gasteiger partial charge on any atom is 0.254 e. The predicted molar refractivity (Wildman–Crippen MR) is 142 cm³/mol. The molecule has 36 heavy (non-hydrogen) atoms. The van der Waals surface area contributed by atoms with E-state index in [4.69, 9.17) is 0 Å². The molecule has 0 aliphatic rings. The topological polar surface area (TPSA) is 113 Å². The van der Waals surface area contributed by atoms with Crippen molar-refractivity contribution >= 4 is 29.5 Å². The number of Topliss-reactive ketones (excluding diaryl/α,β-unsaturated/α-hetero) is 3. The van der Waals surface area contributed by atoms with Gasteiger partial charge in [-0.15, -0.1) is 0 Å². The van der Waals surface area contributed by atoms with E-state index in [1.807, 2.05) is 20.8 Å². The van der Waals surface area contributed by atoms with Gasteiger partial charge in [-0.05, 0) is 38.8 Å². The van der Waals surface area contributed by atoms with Crippen molar-refractivity contribution in [2.45, 2.75) is 66.3 Å². The molecule has 0 saturated carbocycles. The van der Waals surface area contributed by atoms with Crippen LogP contribution in [-0.4, -0.2) is 73.7 Å². The summed E-state index contributed by atoms with van der Waals surface area (Å²) in [5, 5.41) is 6.10. The molecule has 198 valence electrons. The third-order valence-corrected chi connectivity index (χ3v) is 5.23. The van der Waals surface area contributed by atoms with Crippen molar-refractivity contribution in [3.63, 3.8) is 0 Å². The quantitative estimate of drug-likeness (QED) is 0.217. The molecule has 0 aliphatic carbocycles. The molecule has 0 radical (unpaired) electrons. The molecular formula is C28H41N3O5. The van der Waals surface area contributed by atoms with Crippen LogP contribution in [0.4, 0.5) is 0 Å². The molecule has 1 unspecified atom stereocenters. The predicted octanol–water partition coefficient (Wildman–Crippen LogP) is 2.82. The van der Waals surface area contributed by atoms with Crippen LogP contribution in [0.15, 0.2) is 18.2 Å². The van der Waals surface area contributed by atoms with Gasteiger partial charge in [0, 0.05) is 44.1 Å². The number of carbonyl (C=O) groups excluding carboxylic acids is 5. The molecule has 1 atom stereocenters. The Kier molecular flexibility index (Phi) is 17.4. The van der Waals surface area contributed by atoms with Crippen LogP contribution in [0.5, 0.6) is 0 Å². The van der Waals surface area contributed by atoms with Crippen LogP contribution in [0.25, 0.3) is 0 Å². The summed E-state index contributed by atoms with van der Waals surface area (Å²) in [6.07, 6.45) is 2.25. The first-order valence-corrected chi connectivity index (χ1v) is 12.5. The second-order valence-corrected chi connectivity index (χ2v) is 8.11. The van der Waals surface area contributed by atoms with E-state index >= 15 is 0 Å². The Morgan fingerprint density at radius 2 is 1.72 bits per heavy atom. The zero-order valence-corrected chi connectivity index (χ0v) is 22.5. The first kappa shape index (κ1) is 32.8. The maximum atomic E-state index is 13.2. The average molecular weight is 500 g/mol. The molecule has 0 saturated heterocycles. The Balaban J connectivity index is 0.00000596. The fourth-order valence-electron chi connectivity index (χ4n) is 3.42. The van der Waals surface area contributed by atoms with Crippen molar-refractivity contribution in [1.82, 2.24) is 15.5 Å². The van der Waals surface area contributed by atoms with Crippen LogP contribution in [0.3, 0.4) is 0 Å². The second-order valence-electron chi connectivity index (χ2n) is 8.11. The Hall–Kier alpha value is -3.15. The molecule has 0 aromatic heterocycles. The van der Waals surface area contributed by atoms with Crippen LogP contribution in [0.2, 0.25) is 0 Å².